The third-order valence-electron chi connectivity index (χ3n) is 4.65. The first-order chi connectivity index (χ1) is 14.0. The molecular weight excluding hydrogens is 388 g/mol. The second-order valence-corrected chi connectivity index (χ2v) is 7.09. The molecule has 1 aliphatic heterocycles. The van der Waals surface area contributed by atoms with Gasteiger partial charge in [-0.25, -0.2) is 4.98 Å². The molecule has 156 valence electrons. The van der Waals surface area contributed by atoms with Gasteiger partial charge >= 0.3 is 0 Å². The van der Waals surface area contributed by atoms with Gasteiger partial charge in [0.25, 0.3) is 0 Å². The van der Waals surface area contributed by atoms with Crippen molar-refractivity contribution in [3.05, 3.63) is 64.7 Å². The number of imidazole rings is 1. The molecule has 0 radical (unpaired) electrons. The highest BCUT2D eigenvalue weighted by atomic mass is 35.5. The largest absolute Gasteiger partial charge is 0.330 e. The average Bonchev–Trinajstić information content (AvgIpc) is 3.15. The first kappa shape index (κ1) is 22.8. The number of aromatic nitrogens is 2. The number of benzene rings is 1. The number of Topliss-reactive ketones (excluding diaryl/α,β-unsaturated/α-hetero) is 1. The van der Waals surface area contributed by atoms with E-state index < -0.39 is 0 Å². The number of carbonyl (C=O) groups excluding carboxylic acids is 2. The summed E-state index contributed by atoms with van der Waals surface area (Å²) in [4.78, 5) is 29.4. The first-order valence-electron chi connectivity index (χ1n) is 9.92. The van der Waals surface area contributed by atoms with E-state index >= 15 is 0 Å². The van der Waals surface area contributed by atoms with Crippen molar-refractivity contribution in [3.8, 4) is 0 Å². The van der Waals surface area contributed by atoms with Crippen molar-refractivity contribution in [2.75, 3.05) is 19.6 Å². The fourth-order valence-electron chi connectivity index (χ4n) is 3.01. The van der Waals surface area contributed by atoms with Gasteiger partial charge in [0.05, 0.1) is 12.7 Å². The minimum Gasteiger partial charge on any atom is -0.330 e. The zero-order chi connectivity index (χ0) is 21.2. The second-order valence-electron chi connectivity index (χ2n) is 6.68. The standard InChI is InChI=1S/C14H20N4O2.C8H9Cl/c1-3-15-6-4-5-14(20)17-7-8-18-12(11(2)19)9-16-13(18)10-17;1-2-7-5-3-4-6-8(7)9/h4-5,9,15H,3,6-8,10H2,1-2H3;3-6H,2H2,1H3/b5-4+;. The van der Waals surface area contributed by atoms with Crippen LogP contribution in [0.3, 0.4) is 0 Å². The SMILES string of the molecule is CCNC/C=C/C(=O)N1CCn2c(C(C)=O)cnc2C1.CCc1ccccc1Cl. The van der Waals surface area contributed by atoms with Crippen LogP contribution in [-0.2, 0) is 24.3 Å². The normalized spacial score (nSPS) is 13.0. The van der Waals surface area contributed by atoms with Crippen LogP contribution < -0.4 is 5.32 Å². The lowest BCUT2D eigenvalue weighted by atomic mass is 10.2. The molecule has 3 rings (SSSR count). The van der Waals surface area contributed by atoms with E-state index in [9.17, 15) is 9.59 Å². The molecule has 2 aromatic rings. The van der Waals surface area contributed by atoms with Crippen LogP contribution in [0.15, 0.2) is 42.6 Å². The summed E-state index contributed by atoms with van der Waals surface area (Å²) in [6.45, 7) is 8.91. The number of nitrogens with zero attached hydrogens (tertiary/aromatic N) is 3. The Morgan fingerprint density at radius 2 is 2.00 bits per heavy atom. The predicted octanol–water partition coefficient (Wildman–Crippen LogP) is 3.50. The molecule has 0 atom stereocenters. The van der Waals surface area contributed by atoms with Crippen LogP contribution >= 0.6 is 11.6 Å². The van der Waals surface area contributed by atoms with Crippen molar-refractivity contribution >= 4 is 23.3 Å². The highest BCUT2D eigenvalue weighted by Gasteiger charge is 2.23. The third-order valence-corrected chi connectivity index (χ3v) is 5.02. The molecule has 6 nitrogen and oxygen atoms in total. The summed E-state index contributed by atoms with van der Waals surface area (Å²) in [5.41, 5.74) is 1.84. The zero-order valence-electron chi connectivity index (χ0n) is 17.3. The van der Waals surface area contributed by atoms with Gasteiger partial charge in [0, 0.05) is 37.7 Å². The Balaban J connectivity index is 0.000000278. The molecule has 0 fully saturated rings. The minimum absolute atomic E-state index is 0.00839. The molecule has 7 heteroatoms. The lowest BCUT2D eigenvalue weighted by Gasteiger charge is -2.27. The van der Waals surface area contributed by atoms with Crippen molar-refractivity contribution < 1.29 is 9.59 Å². The fourth-order valence-corrected chi connectivity index (χ4v) is 3.28. The summed E-state index contributed by atoms with van der Waals surface area (Å²) in [6, 6.07) is 7.91. The molecule has 1 aromatic heterocycles. The van der Waals surface area contributed by atoms with Gasteiger partial charge < -0.3 is 14.8 Å². The van der Waals surface area contributed by atoms with Crippen LogP contribution in [0.2, 0.25) is 5.02 Å². The van der Waals surface area contributed by atoms with E-state index in [2.05, 4.69) is 17.2 Å². The lowest BCUT2D eigenvalue weighted by molar-refractivity contribution is -0.127. The number of likely N-dealkylation sites (N-methyl/N-ethyl adjacent to an activating group) is 1. The van der Waals surface area contributed by atoms with Crippen molar-refractivity contribution in [3.63, 3.8) is 0 Å². The first-order valence-corrected chi connectivity index (χ1v) is 10.3. The molecule has 1 aromatic carbocycles. The molecule has 1 amide bonds. The molecular formula is C22H29ClN4O2. The summed E-state index contributed by atoms with van der Waals surface area (Å²) in [6.07, 6.45) is 6.02. The van der Waals surface area contributed by atoms with E-state index in [0.29, 0.717) is 31.9 Å². The number of hydrogen-bond donors (Lipinski definition) is 1. The quantitative estimate of drug-likeness (QED) is 0.444. The van der Waals surface area contributed by atoms with Crippen LogP contribution in [0.4, 0.5) is 0 Å². The Kier molecular flexibility index (Phi) is 9.09. The van der Waals surface area contributed by atoms with E-state index in [4.69, 9.17) is 11.6 Å². The van der Waals surface area contributed by atoms with Crippen LogP contribution in [0, 0.1) is 0 Å². The molecule has 1 N–H and O–H groups in total. The topological polar surface area (TPSA) is 67.2 Å². The van der Waals surface area contributed by atoms with Gasteiger partial charge in [-0.15, -0.1) is 0 Å². The number of aryl methyl sites for hydroxylation is 1. The Labute approximate surface area is 177 Å². The van der Waals surface area contributed by atoms with Gasteiger partial charge in [0.15, 0.2) is 5.78 Å². The predicted molar refractivity (Wildman–Crippen MR) is 116 cm³/mol. The molecule has 0 saturated heterocycles. The maximum Gasteiger partial charge on any atom is 0.246 e. The van der Waals surface area contributed by atoms with Gasteiger partial charge in [-0.05, 0) is 24.6 Å². The van der Waals surface area contributed by atoms with Gasteiger partial charge in [0.2, 0.25) is 5.91 Å². The number of fused-ring (bicyclic) bond motifs is 1. The molecule has 0 aliphatic carbocycles. The number of carbonyl (C=O) groups is 2. The third kappa shape index (κ3) is 6.54. The number of halogens is 1. The van der Waals surface area contributed by atoms with E-state index in [1.807, 2.05) is 41.8 Å². The number of nitrogens with one attached hydrogen (secondary N) is 1. The Hall–Kier alpha value is -2.44. The van der Waals surface area contributed by atoms with Crippen molar-refractivity contribution in [1.82, 2.24) is 19.8 Å². The minimum atomic E-state index is -0.0125. The second kappa shape index (κ2) is 11.5. The summed E-state index contributed by atoms with van der Waals surface area (Å²) in [5, 5.41) is 4.00. The van der Waals surface area contributed by atoms with E-state index in [1.54, 1.807) is 17.2 Å². The molecule has 0 bridgehead atoms. The van der Waals surface area contributed by atoms with Crippen molar-refractivity contribution in [2.45, 2.75) is 40.3 Å². The lowest BCUT2D eigenvalue weighted by Crippen LogP contribution is -2.38. The number of ketones is 1. The van der Waals surface area contributed by atoms with Gasteiger partial charge in [-0.1, -0.05) is 49.7 Å². The molecule has 0 spiro atoms. The van der Waals surface area contributed by atoms with Gasteiger partial charge in [-0.3, -0.25) is 9.59 Å². The summed E-state index contributed by atoms with van der Waals surface area (Å²) in [5.74, 6) is 0.769. The van der Waals surface area contributed by atoms with Crippen LogP contribution in [-0.4, -0.2) is 45.8 Å². The number of rotatable bonds is 6. The molecule has 0 unspecified atom stereocenters. The zero-order valence-corrected chi connectivity index (χ0v) is 18.1. The molecule has 1 aliphatic rings. The summed E-state index contributed by atoms with van der Waals surface area (Å²) in [7, 11) is 0. The summed E-state index contributed by atoms with van der Waals surface area (Å²) >= 11 is 5.82. The van der Waals surface area contributed by atoms with Crippen molar-refractivity contribution in [2.24, 2.45) is 0 Å². The van der Waals surface area contributed by atoms with E-state index in [0.717, 1.165) is 23.8 Å². The Bertz CT molecular complexity index is 860. The monoisotopic (exact) mass is 416 g/mol. The highest BCUT2D eigenvalue weighted by molar-refractivity contribution is 6.31. The van der Waals surface area contributed by atoms with Crippen LogP contribution in [0.1, 0.15) is 42.6 Å². The Morgan fingerprint density at radius 3 is 2.62 bits per heavy atom. The fraction of sp³-hybridized carbons (Fsp3) is 0.409. The van der Waals surface area contributed by atoms with Gasteiger partial charge in [0.1, 0.15) is 11.5 Å². The Morgan fingerprint density at radius 1 is 1.24 bits per heavy atom. The molecule has 2 heterocycles. The number of amides is 1. The van der Waals surface area contributed by atoms with E-state index in [-0.39, 0.29) is 11.7 Å². The highest BCUT2D eigenvalue weighted by Crippen LogP contribution is 2.15. The van der Waals surface area contributed by atoms with E-state index in [1.165, 1.54) is 12.5 Å². The van der Waals surface area contributed by atoms with Crippen molar-refractivity contribution in [1.29, 1.82) is 0 Å². The number of hydrogen-bond acceptors (Lipinski definition) is 4. The van der Waals surface area contributed by atoms with Crippen LogP contribution in [0.5, 0.6) is 0 Å². The molecule has 29 heavy (non-hydrogen) atoms. The maximum absolute atomic E-state index is 12.0. The average molecular weight is 417 g/mol. The smallest absolute Gasteiger partial charge is 0.246 e. The summed E-state index contributed by atoms with van der Waals surface area (Å²) < 4.78 is 1.90. The molecule has 0 saturated carbocycles. The van der Waals surface area contributed by atoms with Crippen LogP contribution in [0.25, 0.3) is 0 Å². The maximum atomic E-state index is 12.0. The van der Waals surface area contributed by atoms with Gasteiger partial charge in [-0.2, -0.15) is 0 Å².